The molecule has 0 aromatic carbocycles. The van der Waals surface area contributed by atoms with Crippen LogP contribution in [0.2, 0.25) is 0 Å². The Morgan fingerprint density at radius 3 is 2.26 bits per heavy atom. The second-order valence-corrected chi connectivity index (χ2v) is 10.5. The van der Waals surface area contributed by atoms with E-state index < -0.39 is 28.9 Å². The minimum atomic E-state index is -0.755. The van der Waals surface area contributed by atoms with Gasteiger partial charge in [-0.05, 0) is 38.3 Å². The molecule has 2 aliphatic heterocycles. The monoisotopic (exact) mass is 489 g/mol. The standard InChI is InChI=1S/C25H35N3O7/c1-24(2,3)35-23(32)21-14(8-9-18(30)33-6)15(10-19(31)34-7)20-16(12-26-13-28(20)21)22-25(4,5)11-17(29)27-22/h26H,8-13H2,1-7H3,(H,27,29)/b22-16-. The van der Waals surface area contributed by atoms with E-state index in [-0.39, 0.29) is 30.9 Å². The lowest BCUT2D eigenvalue weighted by Crippen LogP contribution is -2.34. The molecular weight excluding hydrogens is 454 g/mol. The second-order valence-electron chi connectivity index (χ2n) is 10.5. The Bertz CT molecular complexity index is 1090. The number of aromatic nitrogens is 1. The third-order valence-corrected chi connectivity index (χ3v) is 6.13. The van der Waals surface area contributed by atoms with Crippen molar-refractivity contribution in [2.75, 3.05) is 20.8 Å². The number of hydrogen-bond acceptors (Lipinski definition) is 8. The zero-order valence-corrected chi connectivity index (χ0v) is 21.5. The molecule has 35 heavy (non-hydrogen) atoms. The average molecular weight is 490 g/mol. The van der Waals surface area contributed by atoms with E-state index in [1.165, 1.54) is 14.2 Å². The SMILES string of the molecule is COC(=O)CCc1c(CC(=O)OC)c2n(c1C(=O)OC(C)(C)C)CNC/C2=C1/NC(=O)CC1(C)C. The molecule has 0 spiro atoms. The maximum absolute atomic E-state index is 13.5. The van der Waals surface area contributed by atoms with E-state index in [0.29, 0.717) is 36.5 Å². The number of nitrogens with one attached hydrogen (secondary N) is 2. The predicted octanol–water partition coefficient (Wildman–Crippen LogP) is 2.08. The Morgan fingerprint density at radius 2 is 1.71 bits per heavy atom. The molecule has 1 saturated heterocycles. The Hall–Kier alpha value is -3.14. The lowest BCUT2D eigenvalue weighted by molar-refractivity contribution is -0.141. The fourth-order valence-electron chi connectivity index (χ4n) is 4.70. The molecule has 3 rings (SSSR count). The number of methoxy groups -OCH3 is 2. The van der Waals surface area contributed by atoms with Crippen LogP contribution in [-0.2, 0) is 48.1 Å². The van der Waals surface area contributed by atoms with E-state index in [1.807, 2.05) is 13.8 Å². The van der Waals surface area contributed by atoms with Crippen LogP contribution < -0.4 is 10.6 Å². The summed E-state index contributed by atoms with van der Waals surface area (Å²) in [6.07, 6.45) is 0.417. The molecule has 2 aliphatic rings. The first-order chi connectivity index (χ1) is 16.3. The Morgan fingerprint density at radius 1 is 1.06 bits per heavy atom. The van der Waals surface area contributed by atoms with Gasteiger partial charge in [-0.2, -0.15) is 0 Å². The maximum atomic E-state index is 13.5. The van der Waals surface area contributed by atoms with Crippen molar-refractivity contribution in [1.29, 1.82) is 0 Å². The van der Waals surface area contributed by atoms with Crippen LogP contribution in [0.3, 0.4) is 0 Å². The Balaban J connectivity index is 2.32. The summed E-state index contributed by atoms with van der Waals surface area (Å²) in [6.45, 7) is 10.00. The lowest BCUT2D eigenvalue weighted by atomic mass is 9.84. The molecule has 0 radical (unpaired) electrons. The van der Waals surface area contributed by atoms with Gasteiger partial charge in [-0.3, -0.25) is 19.7 Å². The van der Waals surface area contributed by atoms with Crippen LogP contribution in [0.25, 0.3) is 5.57 Å². The first-order valence-corrected chi connectivity index (χ1v) is 11.6. The number of carbonyl (C=O) groups excluding carboxylic acids is 4. The lowest BCUT2D eigenvalue weighted by Gasteiger charge is -2.28. The van der Waals surface area contributed by atoms with Gasteiger partial charge in [-0.1, -0.05) is 13.8 Å². The van der Waals surface area contributed by atoms with E-state index in [1.54, 1.807) is 25.3 Å². The molecule has 0 bridgehead atoms. The van der Waals surface area contributed by atoms with Crippen LogP contribution >= 0.6 is 0 Å². The molecular formula is C25H35N3O7. The topological polar surface area (TPSA) is 125 Å². The highest BCUT2D eigenvalue weighted by Gasteiger charge is 2.41. The summed E-state index contributed by atoms with van der Waals surface area (Å²) in [5, 5.41) is 6.29. The summed E-state index contributed by atoms with van der Waals surface area (Å²) < 4.78 is 17.3. The highest BCUT2D eigenvalue weighted by Crippen LogP contribution is 2.42. The molecule has 0 unspecified atom stereocenters. The van der Waals surface area contributed by atoms with Crippen molar-refractivity contribution >= 4 is 29.4 Å². The van der Waals surface area contributed by atoms with Gasteiger partial charge < -0.3 is 24.1 Å². The molecule has 0 saturated carbocycles. The van der Waals surface area contributed by atoms with Crippen molar-refractivity contribution in [3.05, 3.63) is 28.2 Å². The molecule has 1 amide bonds. The quantitative estimate of drug-likeness (QED) is 0.460. The molecule has 1 aromatic rings. The molecule has 10 heteroatoms. The van der Waals surface area contributed by atoms with Crippen molar-refractivity contribution in [1.82, 2.24) is 15.2 Å². The maximum Gasteiger partial charge on any atom is 0.355 e. The fourth-order valence-corrected chi connectivity index (χ4v) is 4.70. The Labute approximate surface area is 205 Å². The van der Waals surface area contributed by atoms with Gasteiger partial charge in [0.2, 0.25) is 5.91 Å². The van der Waals surface area contributed by atoms with Crippen molar-refractivity contribution in [3.63, 3.8) is 0 Å². The number of rotatable bonds is 6. The second kappa shape index (κ2) is 9.85. The number of allylic oxidation sites excluding steroid dienone is 1. The molecule has 2 N–H and O–H groups in total. The van der Waals surface area contributed by atoms with Gasteiger partial charge in [0.25, 0.3) is 0 Å². The number of hydrogen-bond donors (Lipinski definition) is 2. The number of fused-ring (bicyclic) bond motifs is 1. The summed E-state index contributed by atoms with van der Waals surface area (Å²) in [5.74, 6) is -1.56. The van der Waals surface area contributed by atoms with Crippen LogP contribution in [0.5, 0.6) is 0 Å². The van der Waals surface area contributed by atoms with E-state index >= 15 is 0 Å². The minimum absolute atomic E-state index is 0.0193. The van der Waals surface area contributed by atoms with Gasteiger partial charge in [-0.25, -0.2) is 4.79 Å². The van der Waals surface area contributed by atoms with E-state index in [4.69, 9.17) is 14.2 Å². The number of amides is 1. The van der Waals surface area contributed by atoms with Crippen LogP contribution in [0.1, 0.15) is 74.8 Å². The van der Waals surface area contributed by atoms with Gasteiger partial charge in [-0.15, -0.1) is 0 Å². The zero-order valence-electron chi connectivity index (χ0n) is 21.5. The van der Waals surface area contributed by atoms with Crippen molar-refractivity contribution in [2.45, 2.75) is 72.6 Å². The molecule has 1 fully saturated rings. The van der Waals surface area contributed by atoms with Gasteiger partial charge >= 0.3 is 17.9 Å². The van der Waals surface area contributed by atoms with E-state index in [0.717, 1.165) is 11.3 Å². The molecule has 192 valence electrons. The average Bonchev–Trinajstić information content (AvgIpc) is 3.22. The number of carbonyl (C=O) groups is 4. The third-order valence-electron chi connectivity index (χ3n) is 6.13. The molecule has 0 aliphatic carbocycles. The summed E-state index contributed by atoms with van der Waals surface area (Å²) >= 11 is 0. The number of esters is 3. The smallest absolute Gasteiger partial charge is 0.355 e. The van der Waals surface area contributed by atoms with Crippen molar-refractivity contribution in [2.24, 2.45) is 5.41 Å². The highest BCUT2D eigenvalue weighted by atomic mass is 16.6. The van der Waals surface area contributed by atoms with Crippen LogP contribution in [0.4, 0.5) is 0 Å². The normalized spacial score (nSPS) is 19.1. The largest absolute Gasteiger partial charge is 0.469 e. The number of ether oxygens (including phenoxy) is 3. The predicted molar refractivity (Wildman–Crippen MR) is 127 cm³/mol. The van der Waals surface area contributed by atoms with Crippen molar-refractivity contribution < 1.29 is 33.4 Å². The third kappa shape index (κ3) is 5.58. The molecule has 3 heterocycles. The van der Waals surface area contributed by atoms with Crippen LogP contribution in [0, 0.1) is 5.41 Å². The molecule has 0 atom stereocenters. The minimum Gasteiger partial charge on any atom is -0.469 e. The summed E-state index contributed by atoms with van der Waals surface area (Å²) in [4.78, 5) is 50.3. The first-order valence-electron chi connectivity index (χ1n) is 11.6. The van der Waals surface area contributed by atoms with Crippen LogP contribution in [0.15, 0.2) is 5.70 Å². The van der Waals surface area contributed by atoms with E-state index in [9.17, 15) is 19.2 Å². The van der Waals surface area contributed by atoms with E-state index in [2.05, 4.69) is 10.6 Å². The van der Waals surface area contributed by atoms with Gasteiger partial charge in [0.05, 0.1) is 33.0 Å². The fraction of sp³-hybridized carbons (Fsp3) is 0.600. The molecule has 10 nitrogen and oxygen atoms in total. The summed E-state index contributed by atoms with van der Waals surface area (Å²) in [5.41, 5.74) is 2.38. The van der Waals surface area contributed by atoms with Gasteiger partial charge in [0.1, 0.15) is 11.3 Å². The van der Waals surface area contributed by atoms with Crippen LogP contribution in [-0.4, -0.2) is 54.7 Å². The summed E-state index contributed by atoms with van der Waals surface area (Å²) in [7, 11) is 2.60. The Kier molecular flexibility index (Phi) is 7.45. The zero-order chi connectivity index (χ0) is 26.1. The number of nitrogens with zero attached hydrogens (tertiary/aromatic N) is 1. The highest BCUT2D eigenvalue weighted by molar-refractivity contribution is 5.95. The van der Waals surface area contributed by atoms with Gasteiger partial charge in [0.15, 0.2) is 0 Å². The molecule has 1 aromatic heterocycles. The van der Waals surface area contributed by atoms with Gasteiger partial charge in [0, 0.05) is 36.1 Å². The van der Waals surface area contributed by atoms with Crippen molar-refractivity contribution in [3.8, 4) is 0 Å². The first kappa shape index (κ1) is 26.5. The summed E-state index contributed by atoms with van der Waals surface area (Å²) in [6, 6.07) is 0.